The Hall–Kier alpha value is -2.01. The van der Waals surface area contributed by atoms with E-state index in [2.05, 4.69) is 26.6 Å². The van der Waals surface area contributed by atoms with Gasteiger partial charge in [0.2, 0.25) is 0 Å². The van der Waals surface area contributed by atoms with Crippen molar-refractivity contribution in [1.29, 1.82) is 0 Å². The van der Waals surface area contributed by atoms with Crippen molar-refractivity contribution in [1.82, 2.24) is 5.32 Å². The summed E-state index contributed by atoms with van der Waals surface area (Å²) in [6, 6.07) is 13.4. The molecule has 122 valence electrons. The predicted molar refractivity (Wildman–Crippen MR) is 97.2 cm³/mol. The molecule has 0 aliphatic carbocycles. The summed E-state index contributed by atoms with van der Waals surface area (Å²) in [6.45, 7) is 5.19. The maximum atomic E-state index is 11.8. The van der Waals surface area contributed by atoms with Crippen molar-refractivity contribution in [2.45, 2.75) is 20.3 Å². The van der Waals surface area contributed by atoms with Crippen LogP contribution in [0.5, 0.6) is 5.75 Å². The molecular formula is C18H21BrN2O2. The summed E-state index contributed by atoms with van der Waals surface area (Å²) in [6.07, 6.45) is 0.747. The molecule has 0 unspecified atom stereocenters. The maximum absolute atomic E-state index is 11.8. The minimum Gasteiger partial charge on any atom is -0.493 e. The van der Waals surface area contributed by atoms with Gasteiger partial charge in [0, 0.05) is 11.0 Å². The number of anilines is 1. The summed E-state index contributed by atoms with van der Waals surface area (Å²) in [4.78, 5) is 11.8. The van der Waals surface area contributed by atoms with E-state index in [1.165, 1.54) is 0 Å². The van der Waals surface area contributed by atoms with Gasteiger partial charge in [-0.1, -0.05) is 30.3 Å². The molecule has 2 aromatic rings. The second-order valence-corrected chi connectivity index (χ2v) is 6.14. The van der Waals surface area contributed by atoms with Crippen molar-refractivity contribution in [3.05, 3.63) is 58.1 Å². The summed E-state index contributed by atoms with van der Waals surface area (Å²) in [7, 11) is 0. The molecule has 0 aliphatic rings. The molecule has 0 spiro atoms. The molecule has 0 fully saturated rings. The Morgan fingerprint density at radius 2 is 1.78 bits per heavy atom. The first-order chi connectivity index (χ1) is 11.1. The zero-order chi connectivity index (χ0) is 16.7. The van der Waals surface area contributed by atoms with E-state index in [0.29, 0.717) is 13.2 Å². The highest BCUT2D eigenvalue weighted by molar-refractivity contribution is 9.10. The van der Waals surface area contributed by atoms with Crippen molar-refractivity contribution >= 4 is 27.6 Å². The molecule has 5 heteroatoms. The fourth-order valence-corrected chi connectivity index (χ4v) is 2.59. The van der Waals surface area contributed by atoms with E-state index in [1.807, 2.05) is 56.3 Å². The summed E-state index contributed by atoms with van der Waals surface area (Å²) in [5, 5.41) is 5.62. The molecule has 2 amide bonds. The molecule has 0 bridgehead atoms. The zero-order valence-electron chi connectivity index (χ0n) is 13.4. The molecule has 4 nitrogen and oxygen atoms in total. The van der Waals surface area contributed by atoms with E-state index in [-0.39, 0.29) is 6.03 Å². The maximum Gasteiger partial charge on any atom is 0.319 e. The van der Waals surface area contributed by atoms with Crippen molar-refractivity contribution in [2.75, 3.05) is 18.5 Å². The first-order valence-electron chi connectivity index (χ1n) is 7.56. The Kier molecular flexibility index (Phi) is 6.47. The van der Waals surface area contributed by atoms with Gasteiger partial charge in [0.1, 0.15) is 5.75 Å². The number of rotatable bonds is 6. The molecule has 2 rings (SSSR count). The number of benzene rings is 2. The highest BCUT2D eigenvalue weighted by atomic mass is 79.9. The van der Waals surface area contributed by atoms with E-state index in [0.717, 1.165) is 33.5 Å². The third-order valence-corrected chi connectivity index (χ3v) is 4.08. The summed E-state index contributed by atoms with van der Waals surface area (Å²) >= 11 is 3.39. The van der Waals surface area contributed by atoms with Gasteiger partial charge in [-0.3, -0.25) is 0 Å². The standard InChI is InChI=1S/C18H21BrN2O2/c1-13-7-5-8-14(2)17(13)23-12-6-11-20-18(22)21-16-10-4-3-9-15(16)19/h3-5,7-10H,6,11-12H2,1-2H3,(H2,20,21,22). The highest BCUT2D eigenvalue weighted by Gasteiger charge is 2.05. The minimum absolute atomic E-state index is 0.219. The van der Waals surface area contributed by atoms with E-state index in [9.17, 15) is 4.79 Å². The Bertz CT molecular complexity index is 654. The van der Waals surface area contributed by atoms with Crippen LogP contribution in [0.15, 0.2) is 46.9 Å². The second kappa shape index (κ2) is 8.58. The predicted octanol–water partition coefficient (Wildman–Crippen LogP) is 4.66. The normalized spacial score (nSPS) is 10.2. The number of nitrogens with one attached hydrogen (secondary N) is 2. The number of ether oxygens (including phenoxy) is 1. The number of hydrogen-bond acceptors (Lipinski definition) is 2. The SMILES string of the molecule is Cc1cccc(C)c1OCCCNC(=O)Nc1ccccc1Br. The van der Waals surface area contributed by atoms with Crippen molar-refractivity contribution < 1.29 is 9.53 Å². The van der Waals surface area contributed by atoms with E-state index in [1.54, 1.807) is 0 Å². The molecule has 0 radical (unpaired) electrons. The van der Waals surface area contributed by atoms with E-state index in [4.69, 9.17) is 4.74 Å². The van der Waals surface area contributed by atoms with Gasteiger partial charge in [-0.25, -0.2) is 4.79 Å². The van der Waals surface area contributed by atoms with Crippen LogP contribution in [0, 0.1) is 13.8 Å². The molecule has 0 aromatic heterocycles. The average Bonchev–Trinajstić information content (AvgIpc) is 2.52. The fourth-order valence-electron chi connectivity index (χ4n) is 2.20. The lowest BCUT2D eigenvalue weighted by Crippen LogP contribution is -2.30. The van der Waals surface area contributed by atoms with Crippen LogP contribution in [-0.2, 0) is 0 Å². The second-order valence-electron chi connectivity index (χ2n) is 5.28. The molecule has 0 aliphatic heterocycles. The van der Waals surface area contributed by atoms with E-state index >= 15 is 0 Å². The third kappa shape index (κ3) is 5.28. The first-order valence-corrected chi connectivity index (χ1v) is 8.35. The Labute approximate surface area is 145 Å². The van der Waals surface area contributed by atoms with Gasteiger partial charge >= 0.3 is 6.03 Å². The van der Waals surface area contributed by atoms with Gasteiger partial charge in [-0.15, -0.1) is 0 Å². The van der Waals surface area contributed by atoms with Crippen LogP contribution in [0.25, 0.3) is 0 Å². The fraction of sp³-hybridized carbons (Fsp3) is 0.278. The van der Waals surface area contributed by atoms with Crippen LogP contribution in [0.4, 0.5) is 10.5 Å². The van der Waals surface area contributed by atoms with Gasteiger partial charge in [-0.2, -0.15) is 0 Å². The number of carbonyl (C=O) groups is 1. The van der Waals surface area contributed by atoms with Crippen LogP contribution in [0.2, 0.25) is 0 Å². The summed E-state index contributed by atoms with van der Waals surface area (Å²) in [5.41, 5.74) is 3.01. The van der Waals surface area contributed by atoms with Crippen molar-refractivity contribution in [2.24, 2.45) is 0 Å². The molecule has 2 N–H and O–H groups in total. The number of carbonyl (C=O) groups excluding carboxylic acids is 1. The van der Waals surface area contributed by atoms with Gasteiger partial charge in [0.25, 0.3) is 0 Å². The number of amides is 2. The Morgan fingerprint density at radius 1 is 1.09 bits per heavy atom. The molecule has 2 aromatic carbocycles. The number of aryl methyl sites for hydroxylation is 2. The summed E-state index contributed by atoms with van der Waals surface area (Å²) in [5.74, 6) is 0.935. The molecule has 0 atom stereocenters. The largest absolute Gasteiger partial charge is 0.493 e. The Morgan fingerprint density at radius 3 is 2.48 bits per heavy atom. The van der Waals surface area contributed by atoms with Crippen LogP contribution in [0.1, 0.15) is 17.5 Å². The van der Waals surface area contributed by atoms with Crippen LogP contribution < -0.4 is 15.4 Å². The number of hydrogen-bond donors (Lipinski definition) is 2. The third-order valence-electron chi connectivity index (χ3n) is 3.38. The monoisotopic (exact) mass is 376 g/mol. The molecule has 0 saturated carbocycles. The topological polar surface area (TPSA) is 50.4 Å². The van der Waals surface area contributed by atoms with Crippen molar-refractivity contribution in [3.8, 4) is 5.75 Å². The quantitative estimate of drug-likeness (QED) is 0.720. The van der Waals surface area contributed by atoms with Crippen molar-refractivity contribution in [3.63, 3.8) is 0 Å². The number of urea groups is 1. The molecule has 0 saturated heterocycles. The van der Waals surface area contributed by atoms with E-state index < -0.39 is 0 Å². The average molecular weight is 377 g/mol. The smallest absolute Gasteiger partial charge is 0.319 e. The minimum atomic E-state index is -0.219. The lowest BCUT2D eigenvalue weighted by molar-refractivity contribution is 0.250. The first kappa shape index (κ1) is 17.3. The van der Waals surface area contributed by atoms with Gasteiger partial charge in [-0.05, 0) is 59.5 Å². The van der Waals surface area contributed by atoms with Gasteiger partial charge < -0.3 is 15.4 Å². The highest BCUT2D eigenvalue weighted by Crippen LogP contribution is 2.22. The van der Waals surface area contributed by atoms with Crippen LogP contribution in [0.3, 0.4) is 0 Å². The number of para-hydroxylation sites is 2. The molecule has 0 heterocycles. The Balaban J connectivity index is 1.69. The zero-order valence-corrected chi connectivity index (χ0v) is 14.9. The number of halogens is 1. The molecular weight excluding hydrogens is 356 g/mol. The van der Waals surface area contributed by atoms with Crippen LogP contribution in [-0.4, -0.2) is 19.2 Å². The lowest BCUT2D eigenvalue weighted by atomic mass is 10.1. The molecule has 23 heavy (non-hydrogen) atoms. The van der Waals surface area contributed by atoms with Crippen LogP contribution >= 0.6 is 15.9 Å². The van der Waals surface area contributed by atoms with Gasteiger partial charge in [0.15, 0.2) is 0 Å². The summed E-state index contributed by atoms with van der Waals surface area (Å²) < 4.78 is 6.66. The lowest BCUT2D eigenvalue weighted by Gasteiger charge is -2.12. The van der Waals surface area contributed by atoms with Gasteiger partial charge in [0.05, 0.1) is 12.3 Å².